The van der Waals surface area contributed by atoms with Gasteiger partial charge in [0, 0.05) is 18.4 Å². The molecule has 0 radical (unpaired) electrons. The van der Waals surface area contributed by atoms with Crippen LogP contribution in [0.15, 0.2) is 11.4 Å². The molecule has 0 unspecified atom stereocenters. The van der Waals surface area contributed by atoms with Gasteiger partial charge in [0.05, 0.1) is 5.75 Å². The number of hydrogen-bond acceptors (Lipinski definition) is 3. The highest BCUT2D eigenvalue weighted by molar-refractivity contribution is 7.99. The molecule has 0 saturated carbocycles. The molecule has 0 atom stereocenters. The quantitative estimate of drug-likeness (QED) is 0.496. The predicted octanol–water partition coefficient (Wildman–Crippen LogP) is 3.98. The lowest BCUT2D eigenvalue weighted by atomic mass is 10.1. The van der Waals surface area contributed by atoms with E-state index in [9.17, 15) is 4.79 Å². The molecule has 4 nitrogen and oxygen atoms in total. The first-order valence-corrected chi connectivity index (χ1v) is 8.56. The lowest BCUT2D eigenvalue weighted by Crippen LogP contribution is -2.06. The van der Waals surface area contributed by atoms with Crippen LogP contribution in [0, 0.1) is 0 Å². The second-order valence-electron chi connectivity index (χ2n) is 4.99. The van der Waals surface area contributed by atoms with E-state index >= 15 is 0 Å². The van der Waals surface area contributed by atoms with Gasteiger partial charge in [-0.15, -0.1) is 0 Å². The third kappa shape index (κ3) is 5.99. The summed E-state index contributed by atoms with van der Waals surface area (Å²) in [5.74, 6) is -0.710. The van der Waals surface area contributed by atoms with E-state index in [1.54, 1.807) is 0 Å². The second-order valence-corrected chi connectivity index (χ2v) is 5.93. The highest BCUT2D eigenvalue weighted by atomic mass is 32.2. The highest BCUT2D eigenvalue weighted by Gasteiger charge is 2.10. The first-order chi connectivity index (χ1) is 9.69. The summed E-state index contributed by atoms with van der Waals surface area (Å²) in [4.78, 5) is 15.0. The standard InChI is InChI=1S/C15H26N2O2S/c1-3-5-6-7-8-9-10-17-13(4-2)11-16-15(17)20-12-14(18)19/h11H,3-10,12H2,1-2H3,(H,18,19). The molecule has 0 aliphatic rings. The average Bonchev–Trinajstić information content (AvgIpc) is 2.82. The van der Waals surface area contributed by atoms with Gasteiger partial charge in [0.1, 0.15) is 0 Å². The fourth-order valence-corrected chi connectivity index (χ4v) is 2.95. The summed E-state index contributed by atoms with van der Waals surface area (Å²) >= 11 is 1.32. The van der Waals surface area contributed by atoms with Crippen LogP contribution in [0.25, 0.3) is 0 Å². The fourth-order valence-electron chi connectivity index (χ4n) is 2.21. The van der Waals surface area contributed by atoms with Gasteiger partial charge in [-0.2, -0.15) is 0 Å². The Morgan fingerprint density at radius 2 is 1.95 bits per heavy atom. The summed E-state index contributed by atoms with van der Waals surface area (Å²) in [6, 6.07) is 0. The molecule has 0 aromatic carbocycles. The van der Waals surface area contributed by atoms with Crippen molar-refractivity contribution in [2.24, 2.45) is 0 Å². The van der Waals surface area contributed by atoms with Gasteiger partial charge in [-0.1, -0.05) is 57.7 Å². The van der Waals surface area contributed by atoms with Crippen LogP contribution >= 0.6 is 11.8 Å². The van der Waals surface area contributed by atoms with Gasteiger partial charge in [-0.05, 0) is 12.8 Å². The number of imidazole rings is 1. The maximum Gasteiger partial charge on any atom is 0.313 e. The van der Waals surface area contributed by atoms with Crippen molar-refractivity contribution < 1.29 is 9.90 Å². The summed E-state index contributed by atoms with van der Waals surface area (Å²) in [5, 5.41) is 9.61. The van der Waals surface area contributed by atoms with E-state index in [1.807, 2.05) is 6.20 Å². The zero-order chi connectivity index (χ0) is 14.8. The maximum absolute atomic E-state index is 10.7. The molecule has 1 rings (SSSR count). The van der Waals surface area contributed by atoms with E-state index in [4.69, 9.17) is 5.11 Å². The van der Waals surface area contributed by atoms with Crippen LogP contribution in [0.4, 0.5) is 0 Å². The molecule has 0 spiro atoms. The minimum absolute atomic E-state index is 0.0800. The highest BCUT2D eigenvalue weighted by Crippen LogP contribution is 2.20. The molecule has 0 aliphatic heterocycles. The number of aryl methyl sites for hydroxylation is 1. The number of carboxylic acid groups (broad SMARTS) is 1. The molecule has 1 N–H and O–H groups in total. The average molecular weight is 298 g/mol. The lowest BCUT2D eigenvalue weighted by molar-refractivity contribution is -0.133. The van der Waals surface area contributed by atoms with Crippen molar-refractivity contribution in [1.82, 2.24) is 9.55 Å². The zero-order valence-corrected chi connectivity index (χ0v) is 13.4. The lowest BCUT2D eigenvalue weighted by Gasteiger charge is -2.10. The molecule has 0 amide bonds. The first kappa shape index (κ1) is 17.1. The summed E-state index contributed by atoms with van der Waals surface area (Å²) in [6.45, 7) is 5.29. The number of hydrogen-bond donors (Lipinski definition) is 1. The van der Waals surface area contributed by atoms with E-state index in [0.29, 0.717) is 0 Å². The zero-order valence-electron chi connectivity index (χ0n) is 12.6. The third-order valence-corrected chi connectivity index (χ3v) is 4.30. The molecule has 5 heteroatoms. The molecule has 0 aliphatic carbocycles. The Hall–Kier alpha value is -0.970. The van der Waals surface area contributed by atoms with E-state index in [1.165, 1.54) is 49.6 Å². The normalized spacial score (nSPS) is 10.9. The summed E-state index contributed by atoms with van der Waals surface area (Å²) in [6.07, 6.45) is 10.4. The SMILES string of the molecule is CCCCCCCCn1c(CC)cnc1SCC(=O)O. The molecule has 0 saturated heterocycles. The molecular weight excluding hydrogens is 272 g/mol. The van der Waals surface area contributed by atoms with Crippen LogP contribution in [0.1, 0.15) is 58.1 Å². The number of carboxylic acids is 1. The third-order valence-electron chi connectivity index (χ3n) is 3.32. The summed E-state index contributed by atoms with van der Waals surface area (Å²) in [5.41, 5.74) is 1.20. The first-order valence-electron chi connectivity index (χ1n) is 7.58. The number of rotatable bonds is 11. The van der Waals surface area contributed by atoms with Gasteiger partial charge in [-0.3, -0.25) is 4.79 Å². The Morgan fingerprint density at radius 1 is 1.25 bits per heavy atom. The number of aliphatic carboxylic acids is 1. The van der Waals surface area contributed by atoms with E-state index in [0.717, 1.165) is 24.5 Å². The van der Waals surface area contributed by atoms with Crippen LogP contribution in [0.3, 0.4) is 0 Å². The van der Waals surface area contributed by atoms with Crippen molar-refractivity contribution in [3.05, 3.63) is 11.9 Å². The molecule has 1 heterocycles. The number of carbonyl (C=O) groups is 1. The Bertz CT molecular complexity index is 405. The molecule has 20 heavy (non-hydrogen) atoms. The molecular formula is C15H26N2O2S. The Kier molecular flexibility index (Phi) is 8.42. The van der Waals surface area contributed by atoms with Gasteiger partial charge in [0.2, 0.25) is 0 Å². The van der Waals surface area contributed by atoms with Crippen LogP contribution < -0.4 is 0 Å². The van der Waals surface area contributed by atoms with Crippen molar-refractivity contribution in [2.45, 2.75) is 70.5 Å². The van der Waals surface area contributed by atoms with Crippen molar-refractivity contribution in [2.75, 3.05) is 5.75 Å². The Morgan fingerprint density at radius 3 is 2.60 bits per heavy atom. The fraction of sp³-hybridized carbons (Fsp3) is 0.733. The smallest absolute Gasteiger partial charge is 0.313 e. The number of thioether (sulfide) groups is 1. The topological polar surface area (TPSA) is 55.1 Å². The van der Waals surface area contributed by atoms with E-state index in [-0.39, 0.29) is 5.75 Å². The minimum atomic E-state index is -0.790. The van der Waals surface area contributed by atoms with Gasteiger partial charge in [0.15, 0.2) is 5.16 Å². The predicted molar refractivity (Wildman–Crippen MR) is 83.3 cm³/mol. The van der Waals surface area contributed by atoms with E-state index in [2.05, 4.69) is 23.4 Å². The van der Waals surface area contributed by atoms with E-state index < -0.39 is 5.97 Å². The maximum atomic E-state index is 10.7. The monoisotopic (exact) mass is 298 g/mol. The van der Waals surface area contributed by atoms with Crippen molar-refractivity contribution >= 4 is 17.7 Å². The van der Waals surface area contributed by atoms with Gasteiger partial charge in [0.25, 0.3) is 0 Å². The molecule has 114 valence electrons. The van der Waals surface area contributed by atoms with Crippen molar-refractivity contribution in [1.29, 1.82) is 0 Å². The molecule has 1 aromatic rings. The number of nitrogens with zero attached hydrogens (tertiary/aromatic N) is 2. The molecule has 0 fully saturated rings. The van der Waals surface area contributed by atoms with Crippen molar-refractivity contribution in [3.8, 4) is 0 Å². The Labute approximate surface area is 126 Å². The van der Waals surface area contributed by atoms with Gasteiger partial charge in [-0.25, -0.2) is 4.98 Å². The minimum Gasteiger partial charge on any atom is -0.481 e. The Balaban J connectivity index is 2.44. The van der Waals surface area contributed by atoms with Crippen LogP contribution in [-0.4, -0.2) is 26.4 Å². The summed E-state index contributed by atoms with van der Waals surface area (Å²) in [7, 11) is 0. The van der Waals surface area contributed by atoms with Gasteiger partial charge < -0.3 is 9.67 Å². The van der Waals surface area contributed by atoms with Gasteiger partial charge >= 0.3 is 5.97 Å². The van der Waals surface area contributed by atoms with Crippen LogP contribution in [0.2, 0.25) is 0 Å². The number of aromatic nitrogens is 2. The second kappa shape index (κ2) is 9.86. The number of unbranched alkanes of at least 4 members (excludes halogenated alkanes) is 5. The van der Waals surface area contributed by atoms with Crippen LogP contribution in [0.5, 0.6) is 0 Å². The largest absolute Gasteiger partial charge is 0.481 e. The molecule has 1 aromatic heterocycles. The summed E-state index contributed by atoms with van der Waals surface area (Å²) < 4.78 is 2.19. The molecule has 0 bridgehead atoms. The van der Waals surface area contributed by atoms with Crippen LogP contribution in [-0.2, 0) is 17.8 Å². The van der Waals surface area contributed by atoms with Crippen molar-refractivity contribution in [3.63, 3.8) is 0 Å².